The number of benzene rings is 2. The molecule has 0 amide bonds. The number of piperazine rings is 1. The van der Waals surface area contributed by atoms with Crippen LogP contribution in [-0.4, -0.2) is 35.8 Å². The van der Waals surface area contributed by atoms with Gasteiger partial charge in [-0.3, -0.25) is 4.90 Å². The van der Waals surface area contributed by atoms with Crippen LogP contribution in [0.1, 0.15) is 0 Å². The molecule has 0 unspecified atom stereocenters. The first-order chi connectivity index (χ1) is 10.2. The molecule has 0 saturated carbocycles. The third-order valence-corrected chi connectivity index (χ3v) is 4.63. The lowest BCUT2D eigenvalue weighted by Gasteiger charge is -2.37. The van der Waals surface area contributed by atoms with Gasteiger partial charge in [-0.05, 0) is 23.3 Å². The summed E-state index contributed by atoms with van der Waals surface area (Å²) in [5.41, 5.74) is 3.83. The fourth-order valence-electron chi connectivity index (χ4n) is 2.71. The van der Waals surface area contributed by atoms with E-state index in [1.807, 2.05) is 6.07 Å². The molecule has 0 N–H and O–H groups in total. The van der Waals surface area contributed by atoms with Gasteiger partial charge < -0.3 is 4.90 Å². The molecule has 0 aliphatic carbocycles. The standard InChI is InChI=1S/C17H20N2S2/c20-17(21)19-12-10-18(11-13-19)16-8-6-15(7-9-16)14-4-2-1-3-5-14/h1-9,17,20-21H,10-13H2. The van der Waals surface area contributed by atoms with Gasteiger partial charge in [0.05, 0.1) is 4.71 Å². The highest BCUT2D eigenvalue weighted by atomic mass is 32.2. The zero-order valence-corrected chi connectivity index (χ0v) is 13.7. The van der Waals surface area contributed by atoms with E-state index >= 15 is 0 Å². The summed E-state index contributed by atoms with van der Waals surface area (Å²) in [4.78, 5) is 4.70. The fourth-order valence-corrected chi connectivity index (χ4v) is 3.17. The molecule has 2 nitrogen and oxygen atoms in total. The Balaban J connectivity index is 1.68. The zero-order chi connectivity index (χ0) is 14.7. The van der Waals surface area contributed by atoms with Crippen LogP contribution in [0.5, 0.6) is 0 Å². The van der Waals surface area contributed by atoms with Gasteiger partial charge in [-0.15, -0.1) is 25.3 Å². The van der Waals surface area contributed by atoms with Gasteiger partial charge in [-0.25, -0.2) is 0 Å². The molecular formula is C17H20N2S2. The number of nitrogens with zero attached hydrogens (tertiary/aromatic N) is 2. The summed E-state index contributed by atoms with van der Waals surface area (Å²) in [6, 6.07) is 19.3. The third-order valence-electron chi connectivity index (χ3n) is 3.98. The van der Waals surface area contributed by atoms with Gasteiger partial charge in [0.1, 0.15) is 0 Å². The number of anilines is 1. The van der Waals surface area contributed by atoms with Crippen LogP contribution < -0.4 is 4.90 Å². The first-order valence-corrected chi connectivity index (χ1v) is 8.28. The summed E-state index contributed by atoms with van der Waals surface area (Å²) >= 11 is 8.77. The van der Waals surface area contributed by atoms with E-state index in [9.17, 15) is 0 Å². The minimum Gasteiger partial charge on any atom is -0.369 e. The van der Waals surface area contributed by atoms with Crippen molar-refractivity contribution >= 4 is 30.9 Å². The normalized spacial score (nSPS) is 16.4. The van der Waals surface area contributed by atoms with Gasteiger partial charge in [0.2, 0.25) is 0 Å². The smallest absolute Gasteiger partial charge is 0.0970 e. The van der Waals surface area contributed by atoms with Crippen molar-refractivity contribution < 1.29 is 0 Å². The molecule has 2 aromatic carbocycles. The molecule has 3 rings (SSSR count). The molecule has 0 atom stereocenters. The summed E-state index contributed by atoms with van der Waals surface area (Å²) in [6.45, 7) is 4.08. The van der Waals surface area contributed by atoms with Gasteiger partial charge >= 0.3 is 0 Å². The van der Waals surface area contributed by atoms with Crippen molar-refractivity contribution in [1.82, 2.24) is 4.90 Å². The Bertz CT molecular complexity index is 561. The largest absolute Gasteiger partial charge is 0.369 e. The Hall–Kier alpha value is -1.10. The Morgan fingerprint density at radius 2 is 1.29 bits per heavy atom. The molecule has 4 heteroatoms. The summed E-state index contributed by atoms with van der Waals surface area (Å²) in [7, 11) is 0. The second-order valence-corrected chi connectivity index (χ2v) is 6.67. The van der Waals surface area contributed by atoms with E-state index < -0.39 is 0 Å². The van der Waals surface area contributed by atoms with E-state index in [4.69, 9.17) is 0 Å². The van der Waals surface area contributed by atoms with Crippen molar-refractivity contribution in [3.05, 3.63) is 54.6 Å². The van der Waals surface area contributed by atoms with Crippen LogP contribution in [0.3, 0.4) is 0 Å². The van der Waals surface area contributed by atoms with Crippen molar-refractivity contribution in [1.29, 1.82) is 0 Å². The topological polar surface area (TPSA) is 6.48 Å². The maximum absolute atomic E-state index is 4.38. The number of rotatable bonds is 3. The highest BCUT2D eigenvalue weighted by Gasteiger charge is 2.19. The third kappa shape index (κ3) is 3.57. The SMILES string of the molecule is SC(S)N1CCN(c2ccc(-c3ccccc3)cc2)CC1. The zero-order valence-electron chi connectivity index (χ0n) is 11.9. The van der Waals surface area contributed by atoms with Crippen molar-refractivity contribution in [3.63, 3.8) is 0 Å². The lowest BCUT2D eigenvalue weighted by atomic mass is 10.1. The van der Waals surface area contributed by atoms with E-state index in [2.05, 4.69) is 83.6 Å². The van der Waals surface area contributed by atoms with Crippen LogP contribution in [0.4, 0.5) is 5.69 Å². The quantitative estimate of drug-likeness (QED) is 0.659. The molecule has 110 valence electrons. The monoisotopic (exact) mass is 316 g/mol. The van der Waals surface area contributed by atoms with Crippen LogP contribution in [-0.2, 0) is 0 Å². The Morgan fingerprint density at radius 3 is 1.86 bits per heavy atom. The molecule has 1 aliphatic rings. The van der Waals surface area contributed by atoms with Crippen molar-refractivity contribution in [3.8, 4) is 11.1 Å². The van der Waals surface area contributed by atoms with Gasteiger partial charge in [0.15, 0.2) is 0 Å². The molecule has 1 fully saturated rings. The van der Waals surface area contributed by atoms with Crippen LogP contribution >= 0.6 is 25.3 Å². The Labute approximate surface area is 137 Å². The van der Waals surface area contributed by atoms with Crippen molar-refractivity contribution in [2.45, 2.75) is 4.71 Å². The molecule has 0 aromatic heterocycles. The maximum Gasteiger partial charge on any atom is 0.0970 e. The molecule has 1 aliphatic heterocycles. The second kappa shape index (κ2) is 6.77. The van der Waals surface area contributed by atoms with Gasteiger partial charge in [0.25, 0.3) is 0 Å². The molecule has 1 heterocycles. The maximum atomic E-state index is 4.38. The molecular weight excluding hydrogens is 296 g/mol. The van der Waals surface area contributed by atoms with Gasteiger partial charge in [-0.2, -0.15) is 0 Å². The first-order valence-electron chi connectivity index (χ1n) is 7.25. The van der Waals surface area contributed by atoms with Crippen molar-refractivity contribution in [2.75, 3.05) is 31.1 Å². The van der Waals surface area contributed by atoms with E-state index in [1.54, 1.807) is 0 Å². The molecule has 0 bridgehead atoms. The summed E-state index contributed by atoms with van der Waals surface area (Å²) in [5, 5.41) is 0. The number of thiol groups is 2. The number of hydrogen-bond acceptors (Lipinski definition) is 4. The van der Waals surface area contributed by atoms with E-state index in [0.717, 1.165) is 26.2 Å². The first kappa shape index (κ1) is 14.8. The predicted octanol–water partition coefficient (Wildman–Crippen LogP) is 3.62. The minimum absolute atomic E-state index is 0.0487. The van der Waals surface area contributed by atoms with Crippen molar-refractivity contribution in [2.24, 2.45) is 0 Å². The molecule has 2 aromatic rings. The minimum atomic E-state index is 0.0487. The summed E-state index contributed by atoms with van der Waals surface area (Å²) < 4.78 is 0.0487. The van der Waals surface area contributed by atoms with E-state index in [0.29, 0.717) is 0 Å². The lowest BCUT2D eigenvalue weighted by molar-refractivity contribution is 0.287. The highest BCUT2D eigenvalue weighted by Crippen LogP contribution is 2.24. The van der Waals surface area contributed by atoms with Crippen LogP contribution in [0, 0.1) is 0 Å². The lowest BCUT2D eigenvalue weighted by Crippen LogP contribution is -2.47. The highest BCUT2D eigenvalue weighted by molar-refractivity contribution is 7.99. The van der Waals surface area contributed by atoms with Crippen LogP contribution in [0.15, 0.2) is 54.6 Å². The number of hydrogen-bond donors (Lipinski definition) is 2. The average molecular weight is 316 g/mol. The Kier molecular flexibility index (Phi) is 4.78. The Morgan fingerprint density at radius 1 is 0.714 bits per heavy atom. The molecule has 21 heavy (non-hydrogen) atoms. The fraction of sp³-hybridized carbons (Fsp3) is 0.294. The average Bonchev–Trinajstić information content (AvgIpc) is 2.56. The summed E-state index contributed by atoms with van der Waals surface area (Å²) in [5.74, 6) is 0. The van der Waals surface area contributed by atoms with E-state index in [-0.39, 0.29) is 4.71 Å². The van der Waals surface area contributed by atoms with Crippen LogP contribution in [0.25, 0.3) is 11.1 Å². The summed E-state index contributed by atoms with van der Waals surface area (Å²) in [6.07, 6.45) is 0. The van der Waals surface area contributed by atoms with Crippen LogP contribution in [0.2, 0.25) is 0 Å². The van der Waals surface area contributed by atoms with E-state index in [1.165, 1.54) is 16.8 Å². The van der Waals surface area contributed by atoms with Gasteiger partial charge in [-0.1, -0.05) is 42.5 Å². The molecule has 1 saturated heterocycles. The predicted molar refractivity (Wildman–Crippen MR) is 97.4 cm³/mol. The second-order valence-electron chi connectivity index (χ2n) is 5.28. The molecule has 0 radical (unpaired) electrons. The van der Waals surface area contributed by atoms with Gasteiger partial charge in [0, 0.05) is 31.9 Å². The molecule has 0 spiro atoms.